The van der Waals surface area contributed by atoms with Gasteiger partial charge in [-0.25, -0.2) is 10.2 Å². The average molecular weight is 237 g/mol. The molecule has 92 valence electrons. The first-order chi connectivity index (χ1) is 8.15. The second-order valence-electron chi connectivity index (χ2n) is 3.37. The third kappa shape index (κ3) is 4.21. The van der Waals surface area contributed by atoms with E-state index in [2.05, 4.69) is 16.2 Å². The molecule has 0 aliphatic carbocycles. The molecule has 17 heavy (non-hydrogen) atoms. The monoisotopic (exact) mass is 237 g/mol. The van der Waals surface area contributed by atoms with E-state index in [0.29, 0.717) is 6.54 Å². The number of hydrogen-bond donors (Lipinski definition) is 4. The summed E-state index contributed by atoms with van der Waals surface area (Å²) in [5, 5.41) is 11.4. The van der Waals surface area contributed by atoms with Gasteiger partial charge in [-0.15, -0.1) is 0 Å². The molecule has 1 aromatic carbocycles. The van der Waals surface area contributed by atoms with Gasteiger partial charge in [-0.1, -0.05) is 30.3 Å². The van der Waals surface area contributed by atoms with Crippen molar-refractivity contribution in [2.75, 3.05) is 7.05 Å². The van der Waals surface area contributed by atoms with Gasteiger partial charge in [-0.3, -0.25) is 10.2 Å². The molecular weight excluding hydrogens is 222 g/mol. The van der Waals surface area contributed by atoms with Gasteiger partial charge in [-0.2, -0.15) is 0 Å². The highest BCUT2D eigenvalue weighted by Gasteiger charge is 2.24. The van der Waals surface area contributed by atoms with Crippen molar-refractivity contribution in [3.05, 3.63) is 35.9 Å². The van der Waals surface area contributed by atoms with Gasteiger partial charge < -0.3 is 10.4 Å². The first kappa shape index (κ1) is 13.1. The fourth-order valence-electron chi connectivity index (χ4n) is 1.27. The molecule has 1 unspecified atom stereocenters. The molecule has 1 atom stereocenters. The highest BCUT2D eigenvalue weighted by Crippen LogP contribution is 1.97. The molecule has 0 saturated carbocycles. The minimum atomic E-state index is -1.30. The molecule has 0 bridgehead atoms. The van der Waals surface area contributed by atoms with E-state index in [1.54, 1.807) is 0 Å². The summed E-state index contributed by atoms with van der Waals surface area (Å²) in [6.07, 6.45) is 0. The highest BCUT2D eigenvalue weighted by molar-refractivity contribution is 6.01. The quantitative estimate of drug-likeness (QED) is 0.395. The van der Waals surface area contributed by atoms with Crippen molar-refractivity contribution in [3.63, 3.8) is 0 Å². The van der Waals surface area contributed by atoms with Crippen molar-refractivity contribution >= 4 is 11.9 Å². The van der Waals surface area contributed by atoms with E-state index in [9.17, 15) is 9.59 Å². The van der Waals surface area contributed by atoms with Crippen LogP contribution in [0, 0.1) is 0 Å². The molecular formula is C11H15N3O3. The average Bonchev–Trinajstić information content (AvgIpc) is 2.34. The Morgan fingerprint density at radius 2 is 1.94 bits per heavy atom. The van der Waals surface area contributed by atoms with Crippen molar-refractivity contribution in [1.29, 1.82) is 0 Å². The standard InChI is InChI=1S/C11H15N3O3/c1-12-14-9(11(16)17)10(15)13-7-8-5-3-2-4-6-8/h2-6,9,12,14H,7H2,1H3,(H,13,15)(H,16,17). The van der Waals surface area contributed by atoms with Gasteiger partial charge >= 0.3 is 5.97 Å². The molecule has 0 spiro atoms. The molecule has 0 heterocycles. The summed E-state index contributed by atoms with van der Waals surface area (Å²) in [5.74, 6) is -1.82. The Morgan fingerprint density at radius 1 is 1.29 bits per heavy atom. The van der Waals surface area contributed by atoms with Gasteiger partial charge in [0.2, 0.25) is 5.91 Å². The molecule has 6 heteroatoms. The van der Waals surface area contributed by atoms with Gasteiger partial charge in [0, 0.05) is 6.54 Å². The molecule has 0 radical (unpaired) electrons. The van der Waals surface area contributed by atoms with Crippen molar-refractivity contribution in [2.45, 2.75) is 12.6 Å². The first-order valence-corrected chi connectivity index (χ1v) is 5.12. The summed E-state index contributed by atoms with van der Waals surface area (Å²) in [7, 11) is 1.50. The van der Waals surface area contributed by atoms with E-state index in [1.807, 2.05) is 30.3 Å². The zero-order chi connectivity index (χ0) is 12.7. The van der Waals surface area contributed by atoms with Crippen LogP contribution in [0.3, 0.4) is 0 Å². The molecule has 0 saturated heterocycles. The predicted octanol–water partition coefficient (Wildman–Crippen LogP) is -0.520. The van der Waals surface area contributed by atoms with Crippen molar-refractivity contribution in [2.24, 2.45) is 0 Å². The molecule has 4 N–H and O–H groups in total. The zero-order valence-electron chi connectivity index (χ0n) is 9.43. The Kier molecular flexibility index (Phi) is 5.12. The number of nitrogens with one attached hydrogen (secondary N) is 3. The number of carbonyl (C=O) groups is 2. The number of carbonyl (C=O) groups excluding carboxylic acids is 1. The molecule has 1 aromatic rings. The third-order valence-electron chi connectivity index (χ3n) is 2.11. The molecule has 6 nitrogen and oxygen atoms in total. The van der Waals surface area contributed by atoms with Crippen LogP contribution in [0.15, 0.2) is 30.3 Å². The fraction of sp³-hybridized carbons (Fsp3) is 0.273. The van der Waals surface area contributed by atoms with Crippen LogP contribution in [0.25, 0.3) is 0 Å². The Morgan fingerprint density at radius 3 is 2.47 bits per heavy atom. The fourth-order valence-corrected chi connectivity index (χ4v) is 1.27. The van der Waals surface area contributed by atoms with Crippen LogP contribution in [0.5, 0.6) is 0 Å². The van der Waals surface area contributed by atoms with E-state index in [-0.39, 0.29) is 0 Å². The largest absolute Gasteiger partial charge is 0.480 e. The molecule has 0 aromatic heterocycles. The van der Waals surface area contributed by atoms with E-state index < -0.39 is 17.9 Å². The first-order valence-electron chi connectivity index (χ1n) is 5.12. The maximum Gasteiger partial charge on any atom is 0.331 e. The van der Waals surface area contributed by atoms with Crippen LogP contribution in [0.1, 0.15) is 5.56 Å². The van der Waals surface area contributed by atoms with Gasteiger partial charge in [-0.05, 0) is 12.6 Å². The van der Waals surface area contributed by atoms with Crippen molar-refractivity contribution in [3.8, 4) is 0 Å². The minimum Gasteiger partial charge on any atom is -0.480 e. The van der Waals surface area contributed by atoms with E-state index in [4.69, 9.17) is 5.11 Å². The number of hydrogen-bond acceptors (Lipinski definition) is 4. The van der Waals surface area contributed by atoms with Gasteiger partial charge in [0.15, 0.2) is 6.04 Å². The smallest absolute Gasteiger partial charge is 0.331 e. The van der Waals surface area contributed by atoms with Gasteiger partial charge in [0.05, 0.1) is 0 Å². The Labute approximate surface area is 99.0 Å². The number of carboxylic acids is 1. The molecule has 0 fully saturated rings. The van der Waals surface area contributed by atoms with Crippen LogP contribution in [-0.2, 0) is 16.1 Å². The summed E-state index contributed by atoms with van der Waals surface area (Å²) in [6.45, 7) is 0.300. The van der Waals surface area contributed by atoms with E-state index >= 15 is 0 Å². The van der Waals surface area contributed by atoms with Crippen LogP contribution in [-0.4, -0.2) is 30.1 Å². The van der Waals surface area contributed by atoms with Crippen LogP contribution >= 0.6 is 0 Å². The van der Waals surface area contributed by atoms with Gasteiger partial charge in [0.1, 0.15) is 0 Å². The Balaban J connectivity index is 2.50. The minimum absolute atomic E-state index is 0.300. The second kappa shape index (κ2) is 6.62. The lowest BCUT2D eigenvalue weighted by atomic mass is 10.2. The summed E-state index contributed by atoms with van der Waals surface area (Å²) < 4.78 is 0. The lowest BCUT2D eigenvalue weighted by Crippen LogP contribution is -2.53. The SMILES string of the molecule is CNNC(C(=O)O)C(=O)NCc1ccccc1. The van der Waals surface area contributed by atoms with Gasteiger partial charge in [0.25, 0.3) is 0 Å². The van der Waals surface area contributed by atoms with E-state index in [0.717, 1.165) is 5.56 Å². The topological polar surface area (TPSA) is 90.5 Å². The summed E-state index contributed by atoms with van der Waals surface area (Å²) in [4.78, 5) is 22.3. The molecule has 1 rings (SSSR count). The number of aliphatic carboxylic acids is 1. The summed E-state index contributed by atoms with van der Waals surface area (Å²) in [6, 6.07) is 7.96. The third-order valence-corrected chi connectivity index (χ3v) is 2.11. The molecule has 1 amide bonds. The molecule has 0 aliphatic heterocycles. The van der Waals surface area contributed by atoms with Crippen LogP contribution in [0.2, 0.25) is 0 Å². The maximum atomic E-state index is 11.6. The lowest BCUT2D eigenvalue weighted by molar-refractivity contribution is -0.144. The maximum absolute atomic E-state index is 11.6. The van der Waals surface area contributed by atoms with Crippen LogP contribution in [0.4, 0.5) is 0 Å². The number of amides is 1. The lowest BCUT2D eigenvalue weighted by Gasteiger charge is -2.13. The Hall–Kier alpha value is -1.92. The number of rotatable bonds is 6. The zero-order valence-corrected chi connectivity index (χ0v) is 9.43. The van der Waals surface area contributed by atoms with Crippen molar-refractivity contribution < 1.29 is 14.7 Å². The number of carboxylic acid groups (broad SMARTS) is 1. The summed E-state index contributed by atoms with van der Waals surface area (Å²) >= 11 is 0. The van der Waals surface area contributed by atoms with Crippen LogP contribution < -0.4 is 16.2 Å². The van der Waals surface area contributed by atoms with Crippen molar-refractivity contribution in [1.82, 2.24) is 16.2 Å². The Bertz CT molecular complexity index is 381. The predicted molar refractivity (Wildman–Crippen MR) is 61.9 cm³/mol. The molecule has 0 aliphatic rings. The number of benzene rings is 1. The normalized spacial score (nSPS) is 11.8. The highest BCUT2D eigenvalue weighted by atomic mass is 16.4. The summed E-state index contributed by atoms with van der Waals surface area (Å²) in [5.41, 5.74) is 5.70. The second-order valence-corrected chi connectivity index (χ2v) is 3.37. The van der Waals surface area contributed by atoms with E-state index in [1.165, 1.54) is 7.05 Å². The number of hydrazine groups is 1.